The lowest BCUT2D eigenvalue weighted by atomic mass is 10.2. The van der Waals surface area contributed by atoms with E-state index >= 15 is 0 Å². The minimum Gasteiger partial charge on any atom is -0.383 e. The number of rotatable bonds is 3. The fourth-order valence-electron chi connectivity index (χ4n) is 0.537. The molecule has 0 unspecified atom stereocenters. The van der Waals surface area contributed by atoms with E-state index in [0.29, 0.717) is 0 Å². The van der Waals surface area contributed by atoms with Crippen LogP contribution in [0.2, 0.25) is 0 Å². The number of carbonyl (C=O) groups excluding carboxylic acids is 2. The van der Waals surface area contributed by atoms with Crippen molar-refractivity contribution in [3.63, 3.8) is 0 Å². The maximum absolute atomic E-state index is 10.6. The van der Waals surface area contributed by atoms with Crippen LogP contribution in [0.3, 0.4) is 0 Å². The van der Waals surface area contributed by atoms with Crippen LogP contribution in [0.25, 0.3) is 0 Å². The normalized spacial score (nSPS) is 11.9. The van der Waals surface area contributed by atoms with Crippen molar-refractivity contribution in [2.75, 3.05) is 14.1 Å². The summed E-state index contributed by atoms with van der Waals surface area (Å²) < 4.78 is 0. The van der Waals surface area contributed by atoms with Gasteiger partial charge in [0.25, 0.3) is 0 Å². The summed E-state index contributed by atoms with van der Waals surface area (Å²) in [7, 11) is 2.84. The lowest BCUT2D eigenvalue weighted by molar-refractivity contribution is -0.134. The van der Waals surface area contributed by atoms with Crippen LogP contribution in [0.15, 0.2) is 0 Å². The molecule has 0 aliphatic rings. The van der Waals surface area contributed by atoms with Crippen LogP contribution in [-0.2, 0) is 9.59 Å². The molecular weight excluding hydrogens is 148 g/mol. The molecule has 1 atom stereocenters. The molecule has 0 aliphatic heterocycles. The molecule has 11 heavy (non-hydrogen) atoms. The summed E-state index contributed by atoms with van der Waals surface area (Å²) in [5.74, 6) is -0.908. The summed E-state index contributed by atoms with van der Waals surface area (Å²) in [6.07, 6.45) is -1.45. The van der Waals surface area contributed by atoms with Gasteiger partial charge in [0, 0.05) is 14.1 Å². The predicted octanol–water partition coefficient (Wildman–Crippen LogP) is -1.77. The van der Waals surface area contributed by atoms with Crippen molar-refractivity contribution < 1.29 is 14.7 Å². The Bertz CT molecular complexity index is 158. The lowest BCUT2D eigenvalue weighted by Crippen LogP contribution is -2.35. The second-order valence-electron chi connectivity index (χ2n) is 2.01. The van der Waals surface area contributed by atoms with E-state index in [-0.39, 0.29) is 12.3 Å². The van der Waals surface area contributed by atoms with Gasteiger partial charge in [0.15, 0.2) is 0 Å². The summed E-state index contributed by atoms with van der Waals surface area (Å²) in [6.45, 7) is 0. The molecule has 5 nitrogen and oxygen atoms in total. The van der Waals surface area contributed by atoms with Crippen molar-refractivity contribution in [1.29, 1.82) is 0 Å². The van der Waals surface area contributed by atoms with Gasteiger partial charge in [-0.1, -0.05) is 0 Å². The van der Waals surface area contributed by atoms with Gasteiger partial charge in [-0.15, -0.1) is 0 Å². The fourth-order valence-corrected chi connectivity index (χ4v) is 0.537. The Morgan fingerprint density at radius 1 is 1.36 bits per heavy atom. The number of carbonyl (C=O) groups is 2. The summed E-state index contributed by atoms with van der Waals surface area (Å²) in [5, 5.41) is 13.5. The summed E-state index contributed by atoms with van der Waals surface area (Å²) >= 11 is 0. The summed E-state index contributed by atoms with van der Waals surface area (Å²) in [4.78, 5) is 21.2. The second kappa shape index (κ2) is 4.68. The number of likely N-dealkylation sites (N-methyl/N-ethyl adjacent to an activating group) is 1. The van der Waals surface area contributed by atoms with Crippen LogP contribution in [0.5, 0.6) is 0 Å². The molecule has 0 spiro atoms. The average molecular weight is 160 g/mol. The van der Waals surface area contributed by atoms with Gasteiger partial charge in [-0.05, 0) is 0 Å². The van der Waals surface area contributed by atoms with E-state index < -0.39 is 12.0 Å². The molecule has 2 amide bonds. The monoisotopic (exact) mass is 160 g/mol. The topological polar surface area (TPSA) is 78.4 Å². The Hall–Kier alpha value is -1.10. The number of amides is 2. The second-order valence-corrected chi connectivity index (χ2v) is 2.01. The van der Waals surface area contributed by atoms with Gasteiger partial charge in [-0.2, -0.15) is 0 Å². The van der Waals surface area contributed by atoms with Gasteiger partial charge in [0.2, 0.25) is 11.8 Å². The van der Waals surface area contributed by atoms with Crippen molar-refractivity contribution in [2.24, 2.45) is 0 Å². The highest BCUT2D eigenvalue weighted by Gasteiger charge is 2.15. The van der Waals surface area contributed by atoms with Crippen LogP contribution >= 0.6 is 0 Å². The zero-order chi connectivity index (χ0) is 8.85. The third-order valence-corrected chi connectivity index (χ3v) is 1.21. The van der Waals surface area contributed by atoms with Crippen molar-refractivity contribution >= 4 is 11.8 Å². The lowest BCUT2D eigenvalue weighted by Gasteiger charge is -2.06. The first-order chi connectivity index (χ1) is 5.11. The smallest absolute Gasteiger partial charge is 0.249 e. The van der Waals surface area contributed by atoms with E-state index in [0.717, 1.165) is 0 Å². The van der Waals surface area contributed by atoms with Crippen LogP contribution in [0.1, 0.15) is 6.42 Å². The molecule has 64 valence electrons. The van der Waals surface area contributed by atoms with Gasteiger partial charge in [0.05, 0.1) is 6.42 Å². The molecule has 0 aromatic carbocycles. The van der Waals surface area contributed by atoms with Crippen molar-refractivity contribution in [2.45, 2.75) is 12.5 Å². The minimum absolute atomic E-state index is 0.198. The van der Waals surface area contributed by atoms with E-state index in [9.17, 15) is 9.59 Å². The number of aliphatic hydroxyl groups excluding tert-OH is 1. The molecule has 0 heterocycles. The number of aliphatic hydroxyl groups is 1. The fraction of sp³-hybridized carbons (Fsp3) is 0.667. The number of hydrogen-bond donors (Lipinski definition) is 3. The van der Waals surface area contributed by atoms with Gasteiger partial charge in [-0.25, -0.2) is 0 Å². The highest BCUT2D eigenvalue weighted by Crippen LogP contribution is 1.89. The Labute approximate surface area is 64.8 Å². The molecule has 0 aliphatic carbocycles. The first kappa shape index (κ1) is 9.90. The Balaban J connectivity index is 3.77. The van der Waals surface area contributed by atoms with Gasteiger partial charge in [0.1, 0.15) is 6.10 Å². The zero-order valence-electron chi connectivity index (χ0n) is 6.55. The Morgan fingerprint density at radius 2 is 1.91 bits per heavy atom. The SMILES string of the molecule is CNC(=O)C[C@H](O)C(=O)NC. The minimum atomic E-state index is -1.25. The van der Waals surface area contributed by atoms with E-state index in [4.69, 9.17) is 5.11 Å². The van der Waals surface area contributed by atoms with E-state index in [1.54, 1.807) is 0 Å². The standard InChI is InChI=1S/C6H12N2O3/c1-7-5(10)3-4(9)6(11)8-2/h4,9H,3H2,1-2H3,(H,7,10)(H,8,11)/t4-/m0/s1. The molecule has 5 heteroatoms. The molecule has 0 aromatic rings. The zero-order valence-corrected chi connectivity index (χ0v) is 6.55. The first-order valence-corrected chi connectivity index (χ1v) is 3.22. The van der Waals surface area contributed by atoms with E-state index in [2.05, 4.69) is 10.6 Å². The van der Waals surface area contributed by atoms with Crippen molar-refractivity contribution in [3.8, 4) is 0 Å². The molecule has 0 saturated heterocycles. The van der Waals surface area contributed by atoms with Crippen LogP contribution in [0, 0.1) is 0 Å². The highest BCUT2D eigenvalue weighted by molar-refractivity contribution is 5.86. The highest BCUT2D eigenvalue weighted by atomic mass is 16.3. The molecule has 0 radical (unpaired) electrons. The van der Waals surface area contributed by atoms with Gasteiger partial charge < -0.3 is 15.7 Å². The van der Waals surface area contributed by atoms with Crippen LogP contribution < -0.4 is 10.6 Å². The maximum Gasteiger partial charge on any atom is 0.249 e. The Morgan fingerprint density at radius 3 is 2.27 bits per heavy atom. The predicted molar refractivity (Wildman–Crippen MR) is 38.8 cm³/mol. The van der Waals surface area contributed by atoms with Crippen molar-refractivity contribution in [3.05, 3.63) is 0 Å². The molecule has 0 aromatic heterocycles. The largest absolute Gasteiger partial charge is 0.383 e. The molecular formula is C6H12N2O3. The van der Waals surface area contributed by atoms with Gasteiger partial charge in [-0.3, -0.25) is 9.59 Å². The molecule has 0 fully saturated rings. The van der Waals surface area contributed by atoms with E-state index in [1.807, 2.05) is 0 Å². The molecule has 3 N–H and O–H groups in total. The van der Waals surface area contributed by atoms with Gasteiger partial charge >= 0.3 is 0 Å². The van der Waals surface area contributed by atoms with E-state index in [1.165, 1.54) is 14.1 Å². The van der Waals surface area contributed by atoms with Crippen molar-refractivity contribution in [1.82, 2.24) is 10.6 Å². The quantitative estimate of drug-likeness (QED) is 0.457. The first-order valence-electron chi connectivity index (χ1n) is 3.22. The third kappa shape index (κ3) is 3.57. The Kier molecular flexibility index (Phi) is 4.21. The number of nitrogens with one attached hydrogen (secondary N) is 2. The molecule has 0 saturated carbocycles. The summed E-state index contributed by atoms with van der Waals surface area (Å²) in [6, 6.07) is 0. The molecule has 0 bridgehead atoms. The van der Waals surface area contributed by atoms with Crippen LogP contribution in [-0.4, -0.2) is 37.1 Å². The number of hydrogen-bond acceptors (Lipinski definition) is 3. The third-order valence-electron chi connectivity index (χ3n) is 1.21. The maximum atomic E-state index is 10.6. The molecule has 0 rings (SSSR count). The average Bonchev–Trinajstić information content (AvgIpc) is 2.02. The summed E-state index contributed by atoms with van der Waals surface area (Å²) in [5.41, 5.74) is 0. The van der Waals surface area contributed by atoms with Crippen LogP contribution in [0.4, 0.5) is 0 Å².